The molecule has 0 amide bonds. The van der Waals surface area contributed by atoms with Gasteiger partial charge in [0, 0.05) is 19.6 Å². The van der Waals surface area contributed by atoms with E-state index in [1.54, 1.807) is 0 Å². The number of ether oxygens (including phenoxy) is 2. The zero-order chi connectivity index (χ0) is 14.9. The quantitative estimate of drug-likeness (QED) is 0.853. The number of Topliss-reactive ketones (excluding diaryl/α,β-unsaturated/α-hetero) is 1. The summed E-state index contributed by atoms with van der Waals surface area (Å²) in [4.78, 5) is 15.1. The van der Waals surface area contributed by atoms with Crippen LogP contribution in [0.2, 0.25) is 0 Å². The highest BCUT2D eigenvalue weighted by Gasteiger charge is 2.31. The first-order valence-corrected chi connectivity index (χ1v) is 7.81. The molecule has 4 rings (SSSR count). The van der Waals surface area contributed by atoms with Gasteiger partial charge in [0.15, 0.2) is 5.78 Å². The Balaban J connectivity index is 1.60. The molecule has 1 fully saturated rings. The maximum atomic E-state index is 12.8. The van der Waals surface area contributed by atoms with Gasteiger partial charge in [-0.15, -0.1) is 0 Å². The molecule has 0 N–H and O–H groups in total. The maximum absolute atomic E-state index is 12.8. The third-order valence-corrected chi connectivity index (χ3v) is 4.51. The number of hydrogen-bond acceptors (Lipinski definition) is 4. The summed E-state index contributed by atoms with van der Waals surface area (Å²) >= 11 is 0. The Hall–Kier alpha value is -1.91. The fourth-order valence-corrected chi connectivity index (χ4v) is 3.25. The molecule has 2 aliphatic rings. The molecule has 0 saturated carbocycles. The van der Waals surface area contributed by atoms with Crippen LogP contribution in [0.25, 0.3) is 10.8 Å². The van der Waals surface area contributed by atoms with Gasteiger partial charge in [-0.2, -0.15) is 0 Å². The first-order valence-electron chi connectivity index (χ1n) is 7.81. The molecule has 0 spiro atoms. The van der Waals surface area contributed by atoms with Gasteiger partial charge in [0.25, 0.3) is 0 Å². The van der Waals surface area contributed by atoms with Crippen molar-refractivity contribution in [2.24, 2.45) is 5.92 Å². The van der Waals surface area contributed by atoms with Crippen molar-refractivity contribution in [2.45, 2.75) is 0 Å². The molecule has 0 aromatic heterocycles. The van der Waals surface area contributed by atoms with Gasteiger partial charge in [-0.1, -0.05) is 24.3 Å². The first kappa shape index (κ1) is 13.7. The predicted molar refractivity (Wildman–Crippen MR) is 84.5 cm³/mol. The van der Waals surface area contributed by atoms with Crippen molar-refractivity contribution in [3.05, 3.63) is 42.0 Å². The average molecular weight is 297 g/mol. The van der Waals surface area contributed by atoms with Gasteiger partial charge in [-0.05, 0) is 22.9 Å². The molecule has 1 unspecified atom stereocenters. The van der Waals surface area contributed by atoms with Crippen LogP contribution in [0.3, 0.4) is 0 Å². The van der Waals surface area contributed by atoms with Crippen LogP contribution in [0.15, 0.2) is 36.4 Å². The van der Waals surface area contributed by atoms with Crippen LogP contribution in [-0.4, -0.2) is 50.1 Å². The van der Waals surface area contributed by atoms with E-state index in [-0.39, 0.29) is 11.7 Å². The summed E-state index contributed by atoms with van der Waals surface area (Å²) in [7, 11) is 0. The summed E-state index contributed by atoms with van der Waals surface area (Å²) < 4.78 is 11.2. The van der Waals surface area contributed by atoms with Crippen LogP contribution < -0.4 is 4.74 Å². The van der Waals surface area contributed by atoms with Gasteiger partial charge in [-0.25, -0.2) is 0 Å². The van der Waals surface area contributed by atoms with E-state index in [9.17, 15) is 4.79 Å². The third kappa shape index (κ3) is 2.49. The maximum Gasteiger partial charge on any atom is 0.174 e. The van der Waals surface area contributed by atoms with Crippen molar-refractivity contribution in [1.29, 1.82) is 0 Å². The molecule has 0 radical (unpaired) electrons. The summed E-state index contributed by atoms with van der Waals surface area (Å²) in [6.45, 7) is 4.53. The number of carbonyl (C=O) groups excluding carboxylic acids is 1. The number of benzene rings is 2. The Kier molecular flexibility index (Phi) is 3.56. The highest BCUT2D eigenvalue weighted by molar-refractivity contribution is 6.05. The van der Waals surface area contributed by atoms with E-state index in [1.807, 2.05) is 36.4 Å². The fourth-order valence-electron chi connectivity index (χ4n) is 3.25. The van der Waals surface area contributed by atoms with E-state index >= 15 is 0 Å². The minimum atomic E-state index is -0.0771. The topological polar surface area (TPSA) is 38.8 Å². The molecule has 2 aromatic carbocycles. The number of fused-ring (bicyclic) bond motifs is 2. The van der Waals surface area contributed by atoms with E-state index in [2.05, 4.69) is 4.90 Å². The van der Waals surface area contributed by atoms with Crippen molar-refractivity contribution in [1.82, 2.24) is 4.90 Å². The van der Waals surface area contributed by atoms with E-state index in [4.69, 9.17) is 9.47 Å². The average Bonchev–Trinajstić information content (AvgIpc) is 2.57. The molecule has 4 nitrogen and oxygen atoms in total. The van der Waals surface area contributed by atoms with Gasteiger partial charge in [-0.3, -0.25) is 9.69 Å². The molecule has 4 heteroatoms. The molecule has 114 valence electrons. The highest BCUT2D eigenvalue weighted by Crippen LogP contribution is 2.32. The van der Waals surface area contributed by atoms with Crippen molar-refractivity contribution < 1.29 is 14.3 Å². The SMILES string of the molecule is O=C1c2cc3ccccc3cc2OCC1CN1CCOCC1. The fraction of sp³-hybridized carbons (Fsp3) is 0.389. The van der Waals surface area contributed by atoms with Gasteiger partial charge < -0.3 is 9.47 Å². The van der Waals surface area contributed by atoms with Crippen molar-refractivity contribution in [3.63, 3.8) is 0 Å². The zero-order valence-electron chi connectivity index (χ0n) is 12.5. The standard InChI is InChI=1S/C18H19NO3/c20-18-15(11-19-5-7-21-8-6-19)12-22-17-10-14-4-2-1-3-13(14)9-16(17)18/h1-4,9-10,15H,5-8,11-12H2. The first-order chi connectivity index (χ1) is 10.8. The third-order valence-electron chi connectivity index (χ3n) is 4.51. The van der Waals surface area contributed by atoms with Crippen LogP contribution in [0.5, 0.6) is 5.75 Å². The number of rotatable bonds is 2. The van der Waals surface area contributed by atoms with Crippen molar-refractivity contribution in [3.8, 4) is 5.75 Å². The van der Waals surface area contributed by atoms with E-state index in [0.717, 1.165) is 54.9 Å². The largest absolute Gasteiger partial charge is 0.492 e. The summed E-state index contributed by atoms with van der Waals surface area (Å²) in [6.07, 6.45) is 0. The second-order valence-electron chi connectivity index (χ2n) is 5.98. The Labute approximate surface area is 129 Å². The minimum Gasteiger partial charge on any atom is -0.492 e. The Bertz CT molecular complexity index is 707. The lowest BCUT2D eigenvalue weighted by Crippen LogP contribution is -2.43. The van der Waals surface area contributed by atoms with E-state index < -0.39 is 0 Å². The Morgan fingerprint density at radius 3 is 2.59 bits per heavy atom. The number of morpholine rings is 1. The lowest BCUT2D eigenvalue weighted by molar-refractivity contribution is 0.0250. The normalized spacial score (nSPS) is 22.4. The van der Waals surface area contributed by atoms with Crippen LogP contribution in [0.4, 0.5) is 0 Å². The second-order valence-corrected chi connectivity index (χ2v) is 5.98. The van der Waals surface area contributed by atoms with Crippen LogP contribution in [0, 0.1) is 5.92 Å². The Morgan fingerprint density at radius 2 is 1.82 bits per heavy atom. The molecular weight excluding hydrogens is 278 g/mol. The summed E-state index contributed by atoms with van der Waals surface area (Å²) in [5.74, 6) is 0.854. The highest BCUT2D eigenvalue weighted by atomic mass is 16.5. The smallest absolute Gasteiger partial charge is 0.174 e. The summed E-state index contributed by atoms with van der Waals surface area (Å²) in [6, 6.07) is 12.0. The second kappa shape index (κ2) is 5.71. The van der Waals surface area contributed by atoms with Gasteiger partial charge in [0.1, 0.15) is 5.75 Å². The minimum absolute atomic E-state index is 0.0771. The monoisotopic (exact) mass is 297 g/mol. The molecule has 2 aromatic rings. The van der Waals surface area contributed by atoms with E-state index in [0.29, 0.717) is 6.61 Å². The molecule has 0 bridgehead atoms. The molecule has 1 atom stereocenters. The molecule has 22 heavy (non-hydrogen) atoms. The van der Waals surface area contributed by atoms with Crippen LogP contribution in [0.1, 0.15) is 10.4 Å². The molecular formula is C18H19NO3. The van der Waals surface area contributed by atoms with E-state index in [1.165, 1.54) is 0 Å². The number of carbonyl (C=O) groups is 1. The van der Waals surface area contributed by atoms with Gasteiger partial charge >= 0.3 is 0 Å². The molecule has 0 aliphatic carbocycles. The number of nitrogens with zero attached hydrogens (tertiary/aromatic N) is 1. The lowest BCUT2D eigenvalue weighted by Gasteiger charge is -2.32. The Morgan fingerprint density at radius 1 is 1.09 bits per heavy atom. The molecule has 2 aliphatic heterocycles. The van der Waals surface area contributed by atoms with Crippen molar-refractivity contribution in [2.75, 3.05) is 39.5 Å². The predicted octanol–water partition coefficient (Wildman–Crippen LogP) is 2.36. The molecule has 2 heterocycles. The van der Waals surface area contributed by atoms with Gasteiger partial charge in [0.2, 0.25) is 0 Å². The van der Waals surface area contributed by atoms with Crippen LogP contribution in [-0.2, 0) is 4.74 Å². The number of ketones is 1. The van der Waals surface area contributed by atoms with Crippen molar-refractivity contribution >= 4 is 16.6 Å². The zero-order valence-corrected chi connectivity index (χ0v) is 12.5. The lowest BCUT2D eigenvalue weighted by atomic mass is 9.92. The van der Waals surface area contributed by atoms with Gasteiger partial charge in [0.05, 0.1) is 31.3 Å². The number of hydrogen-bond donors (Lipinski definition) is 0. The summed E-state index contributed by atoms with van der Waals surface area (Å²) in [5, 5.41) is 2.20. The summed E-state index contributed by atoms with van der Waals surface area (Å²) in [5.41, 5.74) is 0.725. The molecule has 1 saturated heterocycles. The van der Waals surface area contributed by atoms with Crippen LogP contribution >= 0.6 is 0 Å².